The molecule has 0 aliphatic heterocycles. The van der Waals surface area contributed by atoms with E-state index in [1.807, 2.05) is 68.4 Å². The summed E-state index contributed by atoms with van der Waals surface area (Å²) in [5.41, 5.74) is 2.29. The summed E-state index contributed by atoms with van der Waals surface area (Å²) in [6.45, 7) is 7.03. The first-order valence-corrected chi connectivity index (χ1v) is 8.06. The van der Waals surface area contributed by atoms with E-state index in [-0.39, 0.29) is 11.8 Å². The van der Waals surface area contributed by atoms with Gasteiger partial charge in [0.25, 0.3) is 0 Å². The monoisotopic (exact) mass is 322 g/mol. The van der Waals surface area contributed by atoms with Gasteiger partial charge in [0.15, 0.2) is 0 Å². The predicted octanol–water partition coefficient (Wildman–Crippen LogP) is 5.01. The summed E-state index contributed by atoms with van der Waals surface area (Å²) < 4.78 is 1.57. The lowest BCUT2D eigenvalue weighted by molar-refractivity contribution is -0.115. The lowest BCUT2D eigenvalue weighted by atomic mass is 10.2. The van der Waals surface area contributed by atoms with Gasteiger partial charge in [-0.25, -0.2) is 0 Å². The number of rotatable bonds is 2. The van der Waals surface area contributed by atoms with Crippen molar-refractivity contribution in [3.05, 3.63) is 60.8 Å². The number of carbonyl (C=O) groups excluding carboxylic acids is 2. The molecule has 24 heavy (non-hydrogen) atoms. The Labute approximate surface area is 142 Å². The highest BCUT2D eigenvalue weighted by Crippen LogP contribution is 2.34. The Hall–Kier alpha value is -2.88. The number of nitrogens with zero attached hydrogens (tertiary/aromatic N) is 2. The number of benzene rings is 2. The first-order chi connectivity index (χ1) is 11.6. The third-order valence-corrected chi connectivity index (χ3v) is 3.60. The first-order valence-electron chi connectivity index (χ1n) is 8.06. The summed E-state index contributed by atoms with van der Waals surface area (Å²) in [5, 5.41) is 0.872. The molecule has 0 fully saturated rings. The molecule has 3 rings (SSSR count). The minimum atomic E-state index is -0.0994. The predicted molar refractivity (Wildman–Crippen MR) is 98.8 cm³/mol. The lowest BCUT2D eigenvalue weighted by Gasteiger charge is -2.20. The number of amides is 1. The van der Waals surface area contributed by atoms with Crippen molar-refractivity contribution in [2.24, 2.45) is 0 Å². The van der Waals surface area contributed by atoms with Crippen molar-refractivity contribution in [3.63, 3.8) is 0 Å². The van der Waals surface area contributed by atoms with Crippen molar-refractivity contribution in [1.82, 2.24) is 4.57 Å². The van der Waals surface area contributed by atoms with Crippen LogP contribution in [-0.2, 0) is 4.79 Å². The minimum absolute atomic E-state index is 0.0842. The van der Waals surface area contributed by atoms with Gasteiger partial charge in [0.05, 0.1) is 11.2 Å². The Bertz CT molecular complexity index is 850. The fraction of sp³-hybridized carbons (Fsp3) is 0.200. The molecule has 2 aromatic carbocycles. The molecule has 0 unspecified atom stereocenters. The number of hydrogen-bond acceptors (Lipinski definition) is 2. The van der Waals surface area contributed by atoms with Crippen LogP contribution in [0, 0.1) is 0 Å². The van der Waals surface area contributed by atoms with Gasteiger partial charge in [0.1, 0.15) is 0 Å². The summed E-state index contributed by atoms with van der Waals surface area (Å²) in [6.07, 6.45) is 1.72. The zero-order valence-corrected chi connectivity index (χ0v) is 14.5. The number of aromatic nitrogens is 1. The van der Waals surface area contributed by atoms with E-state index in [0.29, 0.717) is 5.69 Å². The molecule has 0 aliphatic rings. The van der Waals surface area contributed by atoms with Gasteiger partial charge in [-0.1, -0.05) is 50.2 Å². The molecule has 1 amide bonds. The average molecular weight is 322 g/mol. The van der Waals surface area contributed by atoms with Crippen LogP contribution in [0.15, 0.2) is 60.8 Å². The Morgan fingerprint density at radius 3 is 2.04 bits per heavy atom. The largest absolute Gasteiger partial charge is 0.285 e. The van der Waals surface area contributed by atoms with E-state index in [4.69, 9.17) is 0 Å². The molecule has 4 nitrogen and oxygen atoms in total. The molecule has 124 valence electrons. The maximum Gasteiger partial charge on any atom is 0.228 e. The van der Waals surface area contributed by atoms with Crippen LogP contribution in [0.1, 0.15) is 32.5 Å². The van der Waals surface area contributed by atoms with Crippen LogP contribution < -0.4 is 4.90 Å². The normalized spacial score (nSPS) is 10.0. The molecule has 0 N–H and O–H groups in total. The van der Waals surface area contributed by atoms with E-state index < -0.39 is 0 Å². The summed E-state index contributed by atoms with van der Waals surface area (Å²) in [7, 11) is 0. The quantitative estimate of drug-likeness (QED) is 0.665. The van der Waals surface area contributed by atoms with Gasteiger partial charge in [-0.05, 0) is 18.2 Å². The Kier molecular flexibility index (Phi) is 5.53. The number of carbonyl (C=O) groups is 2. The van der Waals surface area contributed by atoms with Gasteiger partial charge in [-0.3, -0.25) is 19.1 Å². The second-order valence-corrected chi connectivity index (χ2v) is 5.11. The molecule has 0 spiro atoms. The van der Waals surface area contributed by atoms with Gasteiger partial charge < -0.3 is 0 Å². The zero-order chi connectivity index (χ0) is 17.7. The van der Waals surface area contributed by atoms with Crippen LogP contribution in [-0.4, -0.2) is 16.4 Å². The molecule has 0 saturated carbocycles. The summed E-state index contributed by atoms with van der Waals surface area (Å²) in [5.74, 6) is -0.184. The van der Waals surface area contributed by atoms with Gasteiger partial charge in [0.2, 0.25) is 11.8 Å². The maximum absolute atomic E-state index is 12.2. The Morgan fingerprint density at radius 2 is 1.46 bits per heavy atom. The van der Waals surface area contributed by atoms with Gasteiger partial charge in [-0.15, -0.1) is 0 Å². The minimum Gasteiger partial charge on any atom is -0.285 e. The van der Waals surface area contributed by atoms with Crippen LogP contribution in [0.2, 0.25) is 0 Å². The highest BCUT2D eigenvalue weighted by atomic mass is 16.2. The van der Waals surface area contributed by atoms with Crippen LogP contribution in [0.3, 0.4) is 0 Å². The van der Waals surface area contributed by atoms with Gasteiger partial charge in [-0.2, -0.15) is 0 Å². The highest BCUT2D eigenvalue weighted by Gasteiger charge is 2.20. The second kappa shape index (κ2) is 7.59. The number of hydrogen-bond donors (Lipinski definition) is 0. The van der Waals surface area contributed by atoms with E-state index in [1.54, 1.807) is 15.7 Å². The van der Waals surface area contributed by atoms with Crippen molar-refractivity contribution in [3.8, 4) is 0 Å². The standard InChI is InChI=1S/C18H16N2O2.C2H6/c1-13(21)19-12-18(16-10-6-7-11-17(16)19)20(14(2)22)15-8-4-3-5-9-15;1-2/h3-12H,1-2H3;1-2H3. The van der Waals surface area contributed by atoms with Crippen LogP contribution in [0.4, 0.5) is 11.4 Å². The highest BCUT2D eigenvalue weighted by molar-refractivity contribution is 6.09. The fourth-order valence-electron chi connectivity index (χ4n) is 2.67. The third-order valence-electron chi connectivity index (χ3n) is 3.60. The summed E-state index contributed by atoms with van der Waals surface area (Å²) >= 11 is 0. The van der Waals surface area contributed by atoms with Crippen molar-refractivity contribution in [1.29, 1.82) is 0 Å². The number of anilines is 2. The lowest BCUT2D eigenvalue weighted by Crippen LogP contribution is -2.22. The van der Waals surface area contributed by atoms with Crippen molar-refractivity contribution in [2.75, 3.05) is 4.90 Å². The van der Waals surface area contributed by atoms with Crippen LogP contribution in [0.25, 0.3) is 10.9 Å². The molecular formula is C20H22N2O2. The van der Waals surface area contributed by atoms with Crippen molar-refractivity contribution >= 4 is 34.1 Å². The molecule has 1 heterocycles. The summed E-state index contributed by atoms with van der Waals surface area (Å²) in [6, 6.07) is 17.0. The van der Waals surface area contributed by atoms with E-state index in [2.05, 4.69) is 0 Å². The zero-order valence-electron chi connectivity index (χ0n) is 14.5. The molecule has 0 saturated heterocycles. The van der Waals surface area contributed by atoms with Crippen molar-refractivity contribution < 1.29 is 9.59 Å². The second-order valence-electron chi connectivity index (χ2n) is 5.11. The van der Waals surface area contributed by atoms with E-state index in [9.17, 15) is 9.59 Å². The SMILES string of the molecule is CC.CC(=O)N(c1ccccc1)c1cn(C(C)=O)c2ccccc12. The Balaban J connectivity index is 0.00000100. The van der Waals surface area contributed by atoms with Crippen LogP contribution in [0.5, 0.6) is 0 Å². The van der Waals surface area contributed by atoms with E-state index in [1.165, 1.54) is 13.8 Å². The smallest absolute Gasteiger partial charge is 0.228 e. The topological polar surface area (TPSA) is 42.3 Å². The molecule has 0 radical (unpaired) electrons. The molecule has 0 atom stereocenters. The molecule has 0 bridgehead atoms. The third kappa shape index (κ3) is 3.23. The number of fused-ring (bicyclic) bond motifs is 1. The maximum atomic E-state index is 12.2. The van der Waals surface area contributed by atoms with Crippen LogP contribution >= 0.6 is 0 Å². The first kappa shape index (κ1) is 17.5. The molecule has 4 heteroatoms. The van der Waals surface area contributed by atoms with Gasteiger partial charge >= 0.3 is 0 Å². The molecular weight excluding hydrogens is 300 g/mol. The average Bonchev–Trinajstić information content (AvgIpc) is 2.97. The van der Waals surface area contributed by atoms with E-state index >= 15 is 0 Å². The van der Waals surface area contributed by atoms with Gasteiger partial charge in [0, 0.05) is 31.1 Å². The fourth-order valence-corrected chi connectivity index (χ4v) is 2.67. The van der Waals surface area contributed by atoms with E-state index in [0.717, 1.165) is 16.6 Å². The Morgan fingerprint density at radius 1 is 0.875 bits per heavy atom. The molecule has 3 aromatic rings. The number of para-hydroxylation sites is 2. The molecule has 1 aromatic heterocycles. The van der Waals surface area contributed by atoms with Crippen molar-refractivity contribution in [2.45, 2.75) is 27.7 Å². The summed E-state index contributed by atoms with van der Waals surface area (Å²) in [4.78, 5) is 25.7. The molecule has 0 aliphatic carbocycles.